The summed E-state index contributed by atoms with van der Waals surface area (Å²) in [7, 11) is -1.83. The standard InChI is InChI=1S/C23H31NO2SSi/c1-23(2,3)28(4,5)26-17-16-19(18-27-21-14-10-7-11-15-21)22(25)24-20-12-8-6-9-13-20/h6-15,18H,16-17H2,1-5H3,(H,24,25)/b19-18-. The second-order valence-electron chi connectivity index (χ2n) is 8.25. The van der Waals surface area contributed by atoms with E-state index < -0.39 is 8.32 Å². The molecule has 0 aliphatic rings. The first kappa shape index (κ1) is 22.5. The molecule has 5 heteroatoms. The largest absolute Gasteiger partial charge is 0.416 e. The van der Waals surface area contributed by atoms with Crippen molar-refractivity contribution < 1.29 is 9.22 Å². The van der Waals surface area contributed by atoms with Gasteiger partial charge in [-0.2, -0.15) is 0 Å². The van der Waals surface area contributed by atoms with Gasteiger partial charge >= 0.3 is 0 Å². The van der Waals surface area contributed by atoms with Crippen molar-refractivity contribution in [2.45, 2.75) is 50.2 Å². The van der Waals surface area contributed by atoms with Crippen LogP contribution in [0.15, 0.2) is 76.5 Å². The van der Waals surface area contributed by atoms with Crippen LogP contribution in [0.2, 0.25) is 18.1 Å². The van der Waals surface area contributed by atoms with Crippen molar-refractivity contribution in [3.63, 3.8) is 0 Å². The number of anilines is 1. The van der Waals surface area contributed by atoms with Crippen LogP contribution >= 0.6 is 11.8 Å². The Morgan fingerprint density at radius 1 is 1.04 bits per heavy atom. The van der Waals surface area contributed by atoms with E-state index in [9.17, 15) is 4.79 Å². The van der Waals surface area contributed by atoms with Gasteiger partial charge in [0, 0.05) is 29.2 Å². The van der Waals surface area contributed by atoms with Crippen molar-refractivity contribution in [2.24, 2.45) is 0 Å². The van der Waals surface area contributed by atoms with E-state index in [0.717, 1.165) is 16.2 Å². The molecule has 0 aliphatic heterocycles. The van der Waals surface area contributed by atoms with Gasteiger partial charge < -0.3 is 9.74 Å². The predicted molar refractivity (Wildman–Crippen MR) is 123 cm³/mol. The Morgan fingerprint density at radius 2 is 1.61 bits per heavy atom. The molecular formula is C23H31NO2SSi. The van der Waals surface area contributed by atoms with E-state index in [1.165, 1.54) is 0 Å². The van der Waals surface area contributed by atoms with E-state index >= 15 is 0 Å². The van der Waals surface area contributed by atoms with Crippen LogP contribution in [-0.2, 0) is 9.22 Å². The molecule has 2 aromatic carbocycles. The summed E-state index contributed by atoms with van der Waals surface area (Å²) in [5, 5.41) is 5.09. The molecule has 0 fully saturated rings. The zero-order chi connectivity index (χ0) is 20.6. The number of hydrogen-bond acceptors (Lipinski definition) is 3. The first-order valence-corrected chi connectivity index (χ1v) is 13.4. The van der Waals surface area contributed by atoms with Gasteiger partial charge in [0.25, 0.3) is 5.91 Å². The second kappa shape index (κ2) is 10.1. The first-order chi connectivity index (χ1) is 13.2. The van der Waals surface area contributed by atoms with E-state index in [-0.39, 0.29) is 10.9 Å². The summed E-state index contributed by atoms with van der Waals surface area (Å²) in [6.45, 7) is 11.7. The van der Waals surface area contributed by atoms with Crippen LogP contribution in [0.25, 0.3) is 0 Å². The minimum atomic E-state index is -1.83. The lowest BCUT2D eigenvalue weighted by molar-refractivity contribution is -0.113. The van der Waals surface area contributed by atoms with E-state index in [1.54, 1.807) is 11.8 Å². The van der Waals surface area contributed by atoms with Crippen molar-refractivity contribution in [3.05, 3.63) is 71.6 Å². The van der Waals surface area contributed by atoms with E-state index in [1.807, 2.05) is 66.1 Å². The maximum absolute atomic E-state index is 12.8. The van der Waals surface area contributed by atoms with Crippen molar-refractivity contribution in [2.75, 3.05) is 11.9 Å². The Balaban J connectivity index is 2.08. The molecule has 150 valence electrons. The Kier molecular flexibility index (Phi) is 8.10. The molecule has 0 saturated heterocycles. The molecule has 0 spiro atoms. The molecule has 0 saturated carbocycles. The van der Waals surface area contributed by atoms with Crippen LogP contribution in [0, 0.1) is 0 Å². The molecular weight excluding hydrogens is 382 g/mol. The highest BCUT2D eigenvalue weighted by atomic mass is 32.2. The maximum atomic E-state index is 12.8. The van der Waals surface area contributed by atoms with Crippen LogP contribution in [0.3, 0.4) is 0 Å². The molecule has 0 aromatic heterocycles. The number of rotatable bonds is 8. The highest BCUT2D eigenvalue weighted by molar-refractivity contribution is 8.02. The maximum Gasteiger partial charge on any atom is 0.252 e. The van der Waals surface area contributed by atoms with Gasteiger partial charge in [-0.05, 0) is 47.8 Å². The van der Waals surface area contributed by atoms with Crippen molar-refractivity contribution in [1.82, 2.24) is 0 Å². The lowest BCUT2D eigenvalue weighted by Gasteiger charge is -2.36. The molecule has 28 heavy (non-hydrogen) atoms. The van der Waals surface area contributed by atoms with Crippen molar-refractivity contribution in [1.29, 1.82) is 0 Å². The van der Waals surface area contributed by atoms with Gasteiger partial charge in [0.1, 0.15) is 0 Å². The average Bonchev–Trinajstić information content (AvgIpc) is 2.65. The highest BCUT2D eigenvalue weighted by Crippen LogP contribution is 2.36. The first-order valence-electron chi connectivity index (χ1n) is 9.60. The molecule has 0 radical (unpaired) electrons. The van der Waals surface area contributed by atoms with Gasteiger partial charge in [0.05, 0.1) is 0 Å². The van der Waals surface area contributed by atoms with Crippen LogP contribution in [0.1, 0.15) is 27.2 Å². The van der Waals surface area contributed by atoms with E-state index in [0.29, 0.717) is 13.0 Å². The minimum absolute atomic E-state index is 0.0755. The molecule has 0 unspecified atom stereocenters. The fraction of sp³-hybridized carbons (Fsp3) is 0.348. The molecule has 0 aliphatic carbocycles. The quantitative estimate of drug-likeness (QED) is 0.297. The number of carbonyl (C=O) groups is 1. The normalized spacial score (nSPS) is 12.7. The number of amides is 1. The van der Waals surface area contributed by atoms with E-state index in [4.69, 9.17) is 4.43 Å². The smallest absolute Gasteiger partial charge is 0.252 e. The number of nitrogens with one attached hydrogen (secondary N) is 1. The summed E-state index contributed by atoms with van der Waals surface area (Å²) in [5.74, 6) is -0.0755. The van der Waals surface area contributed by atoms with Gasteiger partial charge in [0.15, 0.2) is 8.32 Å². The Labute approximate surface area is 174 Å². The van der Waals surface area contributed by atoms with Crippen LogP contribution in [-0.4, -0.2) is 20.8 Å². The molecule has 0 bridgehead atoms. The number of benzene rings is 2. The topological polar surface area (TPSA) is 38.3 Å². The fourth-order valence-electron chi connectivity index (χ4n) is 2.23. The average molecular weight is 414 g/mol. The highest BCUT2D eigenvalue weighted by Gasteiger charge is 2.37. The third-order valence-electron chi connectivity index (χ3n) is 5.04. The Morgan fingerprint density at radius 3 is 2.18 bits per heavy atom. The summed E-state index contributed by atoms with van der Waals surface area (Å²) in [5.41, 5.74) is 1.53. The lowest BCUT2D eigenvalue weighted by atomic mass is 10.2. The summed E-state index contributed by atoms with van der Waals surface area (Å²) < 4.78 is 6.29. The fourth-order valence-corrected chi connectivity index (χ4v) is 4.09. The zero-order valence-electron chi connectivity index (χ0n) is 17.5. The molecule has 2 aromatic rings. The minimum Gasteiger partial charge on any atom is -0.416 e. The zero-order valence-corrected chi connectivity index (χ0v) is 19.3. The van der Waals surface area contributed by atoms with Crippen LogP contribution in [0.5, 0.6) is 0 Å². The molecule has 1 N–H and O–H groups in total. The van der Waals surface area contributed by atoms with Gasteiger partial charge in [0.2, 0.25) is 0 Å². The summed E-state index contributed by atoms with van der Waals surface area (Å²) >= 11 is 1.56. The van der Waals surface area contributed by atoms with Crippen LogP contribution in [0.4, 0.5) is 5.69 Å². The molecule has 0 heterocycles. The van der Waals surface area contributed by atoms with Crippen molar-refractivity contribution >= 4 is 31.7 Å². The third-order valence-corrected chi connectivity index (χ3v) is 10.5. The Bertz CT molecular complexity index is 783. The summed E-state index contributed by atoms with van der Waals surface area (Å²) in [6.07, 6.45) is 0.588. The number of carbonyl (C=O) groups excluding carboxylic acids is 1. The molecule has 1 amide bonds. The second-order valence-corrected chi connectivity index (χ2v) is 14.0. The number of para-hydroxylation sites is 1. The predicted octanol–water partition coefficient (Wildman–Crippen LogP) is 6.71. The summed E-state index contributed by atoms with van der Waals surface area (Å²) in [4.78, 5) is 14.0. The van der Waals surface area contributed by atoms with Gasteiger partial charge in [-0.1, -0.05) is 68.9 Å². The lowest BCUT2D eigenvalue weighted by Crippen LogP contribution is -2.41. The van der Waals surface area contributed by atoms with Gasteiger partial charge in [-0.25, -0.2) is 0 Å². The third kappa shape index (κ3) is 6.97. The van der Waals surface area contributed by atoms with E-state index in [2.05, 4.69) is 39.2 Å². The number of hydrogen-bond donors (Lipinski definition) is 1. The van der Waals surface area contributed by atoms with Gasteiger partial charge in [-0.15, -0.1) is 0 Å². The Hall–Kier alpha value is -1.82. The van der Waals surface area contributed by atoms with Gasteiger partial charge in [-0.3, -0.25) is 4.79 Å². The molecule has 2 rings (SSSR count). The number of thioether (sulfide) groups is 1. The molecule has 3 nitrogen and oxygen atoms in total. The summed E-state index contributed by atoms with van der Waals surface area (Å²) in [6, 6.07) is 19.6. The SMILES string of the molecule is CC(C)(C)[Si](C)(C)OCC/C(=C/Sc1ccccc1)C(=O)Nc1ccccc1. The molecule has 0 atom stereocenters. The van der Waals surface area contributed by atoms with Crippen molar-refractivity contribution in [3.8, 4) is 0 Å². The van der Waals surface area contributed by atoms with Crippen LogP contribution < -0.4 is 5.32 Å². The monoisotopic (exact) mass is 413 g/mol.